The lowest BCUT2D eigenvalue weighted by atomic mass is 10.2. The van der Waals surface area contributed by atoms with Crippen LogP contribution in [0.1, 0.15) is 26.6 Å². The van der Waals surface area contributed by atoms with E-state index in [2.05, 4.69) is 13.8 Å². The van der Waals surface area contributed by atoms with Crippen molar-refractivity contribution < 1.29 is 14.4 Å². The van der Waals surface area contributed by atoms with Crippen molar-refractivity contribution >= 4 is 11.2 Å². The average Bonchev–Trinajstić information content (AvgIpc) is 2.96. The van der Waals surface area contributed by atoms with Crippen molar-refractivity contribution in [3.63, 3.8) is 0 Å². The summed E-state index contributed by atoms with van der Waals surface area (Å²) in [5.41, 5.74) is 0.211. The Morgan fingerprint density at radius 3 is 2.48 bits per heavy atom. The molecule has 1 saturated heterocycles. The van der Waals surface area contributed by atoms with Crippen molar-refractivity contribution in [2.45, 2.75) is 46.1 Å². The summed E-state index contributed by atoms with van der Waals surface area (Å²) in [5.74, 6) is 0.805. The van der Waals surface area contributed by atoms with Gasteiger partial charge in [0.2, 0.25) is 0 Å². The van der Waals surface area contributed by atoms with Gasteiger partial charge in [-0.25, -0.2) is 9.78 Å². The van der Waals surface area contributed by atoms with Gasteiger partial charge in [-0.2, -0.15) is 0 Å². The van der Waals surface area contributed by atoms with Gasteiger partial charge in [-0.3, -0.25) is 13.9 Å². The van der Waals surface area contributed by atoms with Gasteiger partial charge in [0.1, 0.15) is 31.8 Å². The van der Waals surface area contributed by atoms with Crippen molar-refractivity contribution in [2.24, 2.45) is 14.1 Å². The summed E-state index contributed by atoms with van der Waals surface area (Å²) >= 11 is 0. The average molecular weight is 380 g/mol. The van der Waals surface area contributed by atoms with Crippen LogP contribution in [-0.4, -0.2) is 57.2 Å². The van der Waals surface area contributed by atoms with E-state index in [0.29, 0.717) is 37.5 Å². The highest BCUT2D eigenvalue weighted by Crippen LogP contribution is 2.11. The van der Waals surface area contributed by atoms with Crippen LogP contribution in [0.15, 0.2) is 9.59 Å². The molecule has 2 aromatic heterocycles. The highest BCUT2D eigenvalue weighted by Gasteiger charge is 2.28. The van der Waals surface area contributed by atoms with E-state index in [9.17, 15) is 9.59 Å². The van der Waals surface area contributed by atoms with E-state index in [0.717, 1.165) is 23.5 Å². The number of ether oxygens (including phenoxy) is 2. The number of fused-ring (bicyclic) bond motifs is 1. The molecule has 9 nitrogen and oxygen atoms in total. The summed E-state index contributed by atoms with van der Waals surface area (Å²) in [5, 5.41) is 0. The monoisotopic (exact) mass is 380 g/mol. The molecule has 0 bridgehead atoms. The van der Waals surface area contributed by atoms with Gasteiger partial charge in [0, 0.05) is 27.2 Å². The van der Waals surface area contributed by atoms with E-state index in [1.807, 2.05) is 11.5 Å². The molecule has 3 rings (SSSR count). The second-order valence-electron chi connectivity index (χ2n) is 7.35. The van der Waals surface area contributed by atoms with Crippen molar-refractivity contribution in [3.05, 3.63) is 26.7 Å². The Labute approximate surface area is 158 Å². The standard InChI is InChI=1S/C18H29N5O4/c1-6-26-8-7-23-14(11-22-9-12(2)27-13(3)10-22)19-16-15(23)17(24)21(5)18(25)20(16)4/h12-13H,6-11H2,1-5H3/p+1/t12-,13-/m1/s1. The quantitative estimate of drug-likeness (QED) is 0.628. The number of quaternary nitrogens is 1. The minimum Gasteiger partial charge on any atom is -0.380 e. The van der Waals surface area contributed by atoms with Crippen LogP contribution < -0.4 is 16.1 Å². The number of hydrogen-bond acceptors (Lipinski definition) is 5. The second-order valence-corrected chi connectivity index (χ2v) is 7.35. The maximum Gasteiger partial charge on any atom is 0.332 e. The Morgan fingerprint density at radius 2 is 1.85 bits per heavy atom. The van der Waals surface area contributed by atoms with Gasteiger partial charge in [-0.05, 0) is 20.8 Å². The zero-order chi connectivity index (χ0) is 19.7. The summed E-state index contributed by atoms with van der Waals surface area (Å²) in [6, 6.07) is 0. The molecule has 27 heavy (non-hydrogen) atoms. The molecule has 0 unspecified atom stereocenters. The predicted octanol–water partition coefficient (Wildman–Crippen LogP) is -1.34. The van der Waals surface area contributed by atoms with Gasteiger partial charge < -0.3 is 18.9 Å². The number of morpholine rings is 1. The van der Waals surface area contributed by atoms with Crippen LogP contribution in [0.25, 0.3) is 11.2 Å². The molecule has 1 N–H and O–H groups in total. The van der Waals surface area contributed by atoms with Gasteiger partial charge in [0.05, 0.1) is 6.61 Å². The molecule has 150 valence electrons. The Bertz CT molecular complexity index is 918. The van der Waals surface area contributed by atoms with Gasteiger partial charge in [-0.15, -0.1) is 0 Å². The SMILES string of the molecule is CCOCCn1c(C[NH+]2C[C@@H](C)O[C@H](C)C2)nc2c1c(=O)n(C)c(=O)n2C. The Hall–Kier alpha value is -1.97. The van der Waals surface area contributed by atoms with Gasteiger partial charge in [-0.1, -0.05) is 0 Å². The zero-order valence-electron chi connectivity index (χ0n) is 16.8. The van der Waals surface area contributed by atoms with Crippen LogP contribution in [0.3, 0.4) is 0 Å². The van der Waals surface area contributed by atoms with Crippen LogP contribution in [-0.2, 0) is 36.7 Å². The molecule has 3 heterocycles. The van der Waals surface area contributed by atoms with Crippen LogP contribution in [0, 0.1) is 0 Å². The third kappa shape index (κ3) is 3.85. The maximum absolute atomic E-state index is 12.8. The third-order valence-electron chi connectivity index (χ3n) is 5.12. The van der Waals surface area contributed by atoms with Crippen LogP contribution in [0.5, 0.6) is 0 Å². The Morgan fingerprint density at radius 1 is 1.19 bits per heavy atom. The molecule has 2 aromatic rings. The molecule has 1 aliphatic rings. The lowest BCUT2D eigenvalue weighted by Gasteiger charge is -2.32. The van der Waals surface area contributed by atoms with E-state index in [4.69, 9.17) is 14.5 Å². The summed E-state index contributed by atoms with van der Waals surface area (Å²) in [7, 11) is 3.15. The summed E-state index contributed by atoms with van der Waals surface area (Å²) in [6.45, 7) is 10.2. The minimum atomic E-state index is -0.366. The highest BCUT2D eigenvalue weighted by atomic mass is 16.5. The number of aryl methyl sites for hydroxylation is 1. The molecule has 0 saturated carbocycles. The third-order valence-corrected chi connectivity index (χ3v) is 5.12. The fraction of sp³-hybridized carbons (Fsp3) is 0.722. The Balaban J connectivity index is 2.06. The molecule has 9 heteroatoms. The first kappa shape index (κ1) is 19.8. The van der Waals surface area contributed by atoms with Crippen LogP contribution >= 0.6 is 0 Å². The summed E-state index contributed by atoms with van der Waals surface area (Å²) < 4.78 is 15.8. The first-order chi connectivity index (χ1) is 12.8. The largest absolute Gasteiger partial charge is 0.380 e. The number of nitrogens with zero attached hydrogens (tertiary/aromatic N) is 4. The number of nitrogens with one attached hydrogen (secondary N) is 1. The number of aromatic nitrogens is 4. The van der Waals surface area contributed by atoms with E-state index >= 15 is 0 Å². The van der Waals surface area contributed by atoms with Gasteiger partial charge in [0.15, 0.2) is 17.0 Å². The maximum atomic E-state index is 12.8. The topological polar surface area (TPSA) is 84.7 Å². The smallest absolute Gasteiger partial charge is 0.332 e. The van der Waals surface area contributed by atoms with E-state index in [1.54, 1.807) is 7.05 Å². The molecular formula is C18H30N5O4+. The van der Waals surface area contributed by atoms with Crippen molar-refractivity contribution in [3.8, 4) is 0 Å². The molecule has 0 radical (unpaired) electrons. The molecule has 0 spiro atoms. The molecule has 0 amide bonds. The fourth-order valence-corrected chi connectivity index (χ4v) is 3.92. The predicted molar refractivity (Wildman–Crippen MR) is 101 cm³/mol. The van der Waals surface area contributed by atoms with Crippen LogP contribution in [0.4, 0.5) is 0 Å². The molecule has 1 aliphatic heterocycles. The van der Waals surface area contributed by atoms with Gasteiger partial charge in [0.25, 0.3) is 5.56 Å². The molecular weight excluding hydrogens is 350 g/mol. The highest BCUT2D eigenvalue weighted by molar-refractivity contribution is 5.71. The summed E-state index contributed by atoms with van der Waals surface area (Å²) in [6.07, 6.45) is 0.365. The lowest BCUT2D eigenvalue weighted by Crippen LogP contribution is -3.14. The van der Waals surface area contributed by atoms with Crippen molar-refractivity contribution in [1.82, 2.24) is 18.7 Å². The number of rotatable bonds is 6. The Kier molecular flexibility index (Phi) is 5.83. The number of hydrogen-bond donors (Lipinski definition) is 1. The normalized spacial score (nSPS) is 23.2. The van der Waals surface area contributed by atoms with E-state index in [-0.39, 0.29) is 23.5 Å². The lowest BCUT2D eigenvalue weighted by molar-refractivity contribution is -0.929. The first-order valence-corrected chi connectivity index (χ1v) is 9.55. The molecule has 2 atom stereocenters. The minimum absolute atomic E-state index is 0.183. The van der Waals surface area contributed by atoms with Gasteiger partial charge >= 0.3 is 5.69 Å². The second kappa shape index (κ2) is 7.95. The first-order valence-electron chi connectivity index (χ1n) is 9.55. The van der Waals surface area contributed by atoms with E-state index < -0.39 is 0 Å². The zero-order valence-corrected chi connectivity index (χ0v) is 16.8. The summed E-state index contributed by atoms with van der Waals surface area (Å²) in [4.78, 5) is 31.1. The number of imidazole rings is 1. The molecule has 0 aliphatic carbocycles. The molecule has 1 fully saturated rings. The van der Waals surface area contributed by atoms with Crippen molar-refractivity contribution in [1.29, 1.82) is 0 Å². The van der Waals surface area contributed by atoms with Crippen LogP contribution in [0.2, 0.25) is 0 Å². The fourth-order valence-electron chi connectivity index (χ4n) is 3.92. The van der Waals surface area contributed by atoms with Crippen molar-refractivity contribution in [2.75, 3.05) is 26.3 Å². The van der Waals surface area contributed by atoms with E-state index in [1.165, 1.54) is 16.5 Å². The molecule has 0 aromatic carbocycles.